The number of piperazine rings is 1. The molecule has 7 heteroatoms. The third-order valence-corrected chi connectivity index (χ3v) is 5.54. The van der Waals surface area contributed by atoms with Crippen LogP contribution in [0.5, 0.6) is 5.75 Å². The molecule has 2 aromatic rings. The summed E-state index contributed by atoms with van der Waals surface area (Å²) in [5, 5.41) is 8.91. The van der Waals surface area contributed by atoms with Gasteiger partial charge >= 0.3 is 0 Å². The van der Waals surface area contributed by atoms with E-state index in [0.717, 1.165) is 25.2 Å². The maximum absolute atomic E-state index is 12.9. The Hall–Kier alpha value is -3.37. The van der Waals surface area contributed by atoms with Gasteiger partial charge in [0.25, 0.3) is 0 Å². The number of carbonyl (C=O) groups excluding carboxylic acids is 2. The average molecular weight is 404 g/mol. The number of hydrogen-bond donors (Lipinski definition) is 0. The Morgan fingerprint density at radius 3 is 2.50 bits per heavy atom. The van der Waals surface area contributed by atoms with Crippen molar-refractivity contribution in [2.24, 2.45) is 0 Å². The monoisotopic (exact) mass is 404 g/mol. The predicted octanol–water partition coefficient (Wildman–Crippen LogP) is 2.02. The van der Waals surface area contributed by atoms with E-state index in [2.05, 4.69) is 11.0 Å². The number of rotatable bonds is 4. The van der Waals surface area contributed by atoms with Crippen LogP contribution in [-0.2, 0) is 16.1 Å². The second-order valence-corrected chi connectivity index (χ2v) is 7.51. The van der Waals surface area contributed by atoms with Crippen molar-refractivity contribution in [1.82, 2.24) is 9.80 Å². The van der Waals surface area contributed by atoms with Gasteiger partial charge in [-0.05, 0) is 29.8 Å². The van der Waals surface area contributed by atoms with Crippen molar-refractivity contribution in [2.75, 3.05) is 44.2 Å². The first-order valence-corrected chi connectivity index (χ1v) is 10.2. The topological polar surface area (TPSA) is 76.9 Å². The van der Waals surface area contributed by atoms with E-state index in [1.165, 1.54) is 0 Å². The Kier molecular flexibility index (Phi) is 5.96. The zero-order chi connectivity index (χ0) is 20.9. The fourth-order valence-corrected chi connectivity index (χ4v) is 3.83. The lowest BCUT2D eigenvalue weighted by molar-refractivity contribution is -0.133. The second-order valence-electron chi connectivity index (χ2n) is 7.51. The van der Waals surface area contributed by atoms with E-state index in [4.69, 9.17) is 10.00 Å². The van der Waals surface area contributed by atoms with E-state index in [-0.39, 0.29) is 24.8 Å². The summed E-state index contributed by atoms with van der Waals surface area (Å²) in [6, 6.07) is 17.1. The SMILES string of the molecule is N#Cc1ccc(CN2CCN(C(=O)CN3C(=O)CCOc4ccccc43)CC2)cc1. The summed E-state index contributed by atoms with van der Waals surface area (Å²) in [5.41, 5.74) is 2.47. The molecular formula is C23H24N4O3. The first-order valence-electron chi connectivity index (χ1n) is 10.2. The molecule has 2 amide bonds. The van der Waals surface area contributed by atoms with Crippen LogP contribution in [0, 0.1) is 11.3 Å². The van der Waals surface area contributed by atoms with E-state index in [1.54, 1.807) is 4.90 Å². The maximum atomic E-state index is 12.9. The van der Waals surface area contributed by atoms with Gasteiger partial charge in [0.1, 0.15) is 12.3 Å². The molecule has 0 radical (unpaired) electrons. The molecule has 4 rings (SSSR count). The van der Waals surface area contributed by atoms with E-state index >= 15 is 0 Å². The van der Waals surface area contributed by atoms with Gasteiger partial charge in [-0.3, -0.25) is 19.4 Å². The molecule has 2 aliphatic rings. The molecule has 0 bridgehead atoms. The molecule has 1 fully saturated rings. The molecule has 0 aliphatic carbocycles. The highest BCUT2D eigenvalue weighted by molar-refractivity contribution is 6.00. The summed E-state index contributed by atoms with van der Waals surface area (Å²) in [6.07, 6.45) is 0.264. The van der Waals surface area contributed by atoms with Crippen LogP contribution in [0.1, 0.15) is 17.5 Å². The van der Waals surface area contributed by atoms with Crippen LogP contribution in [0.3, 0.4) is 0 Å². The molecule has 0 aromatic heterocycles. The lowest BCUT2D eigenvalue weighted by atomic mass is 10.1. The van der Waals surface area contributed by atoms with Gasteiger partial charge in [-0.25, -0.2) is 0 Å². The molecule has 2 heterocycles. The summed E-state index contributed by atoms with van der Waals surface area (Å²) in [5.74, 6) is 0.509. The minimum Gasteiger partial charge on any atom is -0.491 e. The van der Waals surface area contributed by atoms with E-state index in [0.29, 0.717) is 36.7 Å². The molecule has 0 saturated carbocycles. The van der Waals surface area contributed by atoms with E-state index < -0.39 is 0 Å². The molecule has 2 aliphatic heterocycles. The number of fused-ring (bicyclic) bond motifs is 1. The van der Waals surface area contributed by atoms with E-state index in [9.17, 15) is 9.59 Å². The summed E-state index contributed by atoms with van der Waals surface area (Å²) >= 11 is 0. The molecule has 0 spiro atoms. The normalized spacial score (nSPS) is 17.0. The Morgan fingerprint density at radius 1 is 1.03 bits per heavy atom. The summed E-state index contributed by atoms with van der Waals surface area (Å²) in [6.45, 7) is 3.98. The fourth-order valence-electron chi connectivity index (χ4n) is 3.83. The summed E-state index contributed by atoms with van der Waals surface area (Å²) in [7, 11) is 0. The van der Waals surface area contributed by atoms with Crippen molar-refractivity contribution in [2.45, 2.75) is 13.0 Å². The number of nitrogens with zero attached hydrogens (tertiary/aromatic N) is 4. The van der Waals surface area contributed by atoms with Crippen molar-refractivity contribution in [1.29, 1.82) is 5.26 Å². The van der Waals surface area contributed by atoms with Gasteiger partial charge in [-0.1, -0.05) is 24.3 Å². The molecule has 0 atom stereocenters. The lowest BCUT2D eigenvalue weighted by Crippen LogP contribution is -2.51. The second kappa shape index (κ2) is 8.97. The number of ether oxygens (including phenoxy) is 1. The minimum atomic E-state index is -0.0900. The Bertz CT molecular complexity index is 959. The summed E-state index contributed by atoms with van der Waals surface area (Å²) < 4.78 is 5.65. The first kappa shape index (κ1) is 19.9. The van der Waals surface area contributed by atoms with Crippen molar-refractivity contribution >= 4 is 17.5 Å². The highest BCUT2D eigenvalue weighted by atomic mass is 16.5. The van der Waals surface area contributed by atoms with Crippen molar-refractivity contribution in [3.63, 3.8) is 0 Å². The number of anilines is 1. The Balaban J connectivity index is 1.34. The minimum absolute atomic E-state index is 0.0365. The Labute approximate surface area is 176 Å². The van der Waals surface area contributed by atoms with Gasteiger partial charge in [-0.2, -0.15) is 5.26 Å². The van der Waals surface area contributed by atoms with Gasteiger partial charge in [-0.15, -0.1) is 0 Å². The summed E-state index contributed by atoms with van der Waals surface area (Å²) in [4.78, 5) is 31.1. The molecule has 1 saturated heterocycles. The first-order chi connectivity index (χ1) is 14.6. The number of hydrogen-bond acceptors (Lipinski definition) is 5. The molecule has 0 unspecified atom stereocenters. The number of benzene rings is 2. The zero-order valence-electron chi connectivity index (χ0n) is 16.8. The number of amides is 2. The van der Waals surface area contributed by atoms with E-state index in [1.807, 2.05) is 53.4 Å². The van der Waals surface area contributed by atoms with Crippen LogP contribution >= 0.6 is 0 Å². The van der Waals surface area contributed by atoms with Crippen molar-refractivity contribution in [3.05, 3.63) is 59.7 Å². The van der Waals surface area contributed by atoms with Crippen LogP contribution in [0.2, 0.25) is 0 Å². The maximum Gasteiger partial charge on any atom is 0.242 e. The molecule has 0 N–H and O–H groups in total. The molecule has 154 valence electrons. The number of para-hydroxylation sites is 2. The highest BCUT2D eigenvalue weighted by Gasteiger charge is 2.28. The van der Waals surface area contributed by atoms with Gasteiger partial charge < -0.3 is 9.64 Å². The third kappa shape index (κ3) is 4.44. The lowest BCUT2D eigenvalue weighted by Gasteiger charge is -2.35. The highest BCUT2D eigenvalue weighted by Crippen LogP contribution is 2.30. The van der Waals surface area contributed by atoms with Crippen molar-refractivity contribution in [3.8, 4) is 11.8 Å². The van der Waals surface area contributed by atoms with Crippen LogP contribution in [0.4, 0.5) is 5.69 Å². The average Bonchev–Trinajstić information content (AvgIpc) is 2.93. The number of nitriles is 1. The molecular weight excluding hydrogens is 380 g/mol. The predicted molar refractivity (Wildman–Crippen MR) is 112 cm³/mol. The van der Waals surface area contributed by atoms with Crippen LogP contribution < -0.4 is 9.64 Å². The van der Waals surface area contributed by atoms with Gasteiger partial charge in [0, 0.05) is 32.7 Å². The largest absolute Gasteiger partial charge is 0.491 e. The molecule has 30 heavy (non-hydrogen) atoms. The third-order valence-electron chi connectivity index (χ3n) is 5.54. The zero-order valence-corrected chi connectivity index (χ0v) is 16.8. The van der Waals surface area contributed by atoms with Crippen molar-refractivity contribution < 1.29 is 14.3 Å². The number of carbonyl (C=O) groups is 2. The quantitative estimate of drug-likeness (QED) is 0.779. The van der Waals surface area contributed by atoms with Crippen LogP contribution in [0.15, 0.2) is 48.5 Å². The van der Waals surface area contributed by atoms with Gasteiger partial charge in [0.2, 0.25) is 11.8 Å². The molecule has 2 aromatic carbocycles. The smallest absolute Gasteiger partial charge is 0.242 e. The fraction of sp³-hybridized carbons (Fsp3) is 0.348. The van der Waals surface area contributed by atoms with Gasteiger partial charge in [0.15, 0.2) is 0 Å². The van der Waals surface area contributed by atoms with Crippen LogP contribution in [0.25, 0.3) is 0 Å². The Morgan fingerprint density at radius 2 is 1.77 bits per heavy atom. The standard InChI is InChI=1S/C23H24N4O3/c24-15-18-5-7-19(8-6-18)16-25-10-12-26(13-11-25)23(29)17-27-20-3-1-2-4-21(20)30-14-9-22(27)28/h1-8H,9-14,16-17H2. The molecule has 7 nitrogen and oxygen atoms in total. The van der Waals surface area contributed by atoms with Gasteiger partial charge in [0.05, 0.1) is 30.3 Å². The van der Waals surface area contributed by atoms with Crippen LogP contribution in [-0.4, -0.2) is 60.9 Å².